The minimum atomic E-state index is -3.85. The number of anilines is 1. The van der Waals surface area contributed by atoms with Crippen LogP contribution in [0.3, 0.4) is 0 Å². The van der Waals surface area contributed by atoms with Crippen LogP contribution in [0.1, 0.15) is 39.2 Å². The Morgan fingerprint density at radius 1 is 1.06 bits per heavy atom. The van der Waals surface area contributed by atoms with Crippen LogP contribution in [-0.2, 0) is 26.2 Å². The van der Waals surface area contributed by atoms with E-state index >= 15 is 0 Å². The van der Waals surface area contributed by atoms with Gasteiger partial charge in [-0.15, -0.1) is 0 Å². The fraction of sp³-hybridized carbons (Fsp3) is 0.440. The van der Waals surface area contributed by atoms with Gasteiger partial charge < -0.3 is 19.7 Å². The summed E-state index contributed by atoms with van der Waals surface area (Å²) in [5.74, 6) is 0.0870. The van der Waals surface area contributed by atoms with E-state index in [1.807, 2.05) is 20.8 Å². The summed E-state index contributed by atoms with van der Waals surface area (Å²) in [6.45, 7) is 5.32. The van der Waals surface area contributed by atoms with Crippen LogP contribution in [0.4, 0.5) is 5.69 Å². The number of ether oxygens (including phenoxy) is 2. The molecule has 0 radical (unpaired) electrons. The van der Waals surface area contributed by atoms with E-state index in [2.05, 4.69) is 5.32 Å². The smallest absolute Gasteiger partial charge is 0.244 e. The van der Waals surface area contributed by atoms with Crippen molar-refractivity contribution in [3.8, 4) is 11.5 Å². The molecule has 0 bridgehead atoms. The average Bonchev–Trinajstić information content (AvgIpc) is 3.30. The average molecular weight is 538 g/mol. The number of halogens is 1. The van der Waals surface area contributed by atoms with Crippen molar-refractivity contribution in [2.75, 3.05) is 23.9 Å². The van der Waals surface area contributed by atoms with E-state index in [0.29, 0.717) is 22.9 Å². The van der Waals surface area contributed by atoms with E-state index in [4.69, 9.17) is 21.1 Å². The van der Waals surface area contributed by atoms with Gasteiger partial charge in [-0.1, -0.05) is 37.6 Å². The molecular formula is C25H32ClN3O6S. The zero-order valence-corrected chi connectivity index (χ0v) is 22.4. The van der Waals surface area contributed by atoms with Gasteiger partial charge in [-0.25, -0.2) is 8.42 Å². The molecule has 2 aromatic rings. The van der Waals surface area contributed by atoms with Crippen molar-refractivity contribution in [2.24, 2.45) is 0 Å². The Hall–Kier alpha value is -2.98. The van der Waals surface area contributed by atoms with Crippen LogP contribution in [0.2, 0.25) is 5.02 Å². The summed E-state index contributed by atoms with van der Waals surface area (Å²) in [4.78, 5) is 28.2. The van der Waals surface area contributed by atoms with Crippen LogP contribution < -0.4 is 19.1 Å². The van der Waals surface area contributed by atoms with Crippen LogP contribution in [0.25, 0.3) is 0 Å². The maximum absolute atomic E-state index is 13.7. The molecule has 2 atom stereocenters. The van der Waals surface area contributed by atoms with Gasteiger partial charge in [0, 0.05) is 23.7 Å². The van der Waals surface area contributed by atoms with Crippen molar-refractivity contribution in [1.82, 2.24) is 10.2 Å². The lowest BCUT2D eigenvalue weighted by atomic mass is 10.1. The topological polar surface area (TPSA) is 105 Å². The summed E-state index contributed by atoms with van der Waals surface area (Å²) < 4.78 is 37.2. The molecule has 196 valence electrons. The maximum Gasteiger partial charge on any atom is 0.244 e. The third-order valence-electron chi connectivity index (χ3n) is 5.98. The Kier molecular flexibility index (Phi) is 9.08. The predicted molar refractivity (Wildman–Crippen MR) is 139 cm³/mol. The van der Waals surface area contributed by atoms with Crippen LogP contribution >= 0.6 is 11.6 Å². The molecule has 1 aliphatic heterocycles. The molecule has 2 aromatic carbocycles. The standard InChI is InChI=1S/C25H32ClN3O6S/c1-5-17(3)27-25(31)21(6-2)28(14-18-7-9-19(26)10-8-18)24(30)15-29(36(4,32)33)20-11-12-22-23(13-20)35-16-34-22/h7-13,17,21H,5-6,14-16H2,1-4H3,(H,27,31)/t17-,21+/m1/s1. The number of amides is 2. The highest BCUT2D eigenvalue weighted by Gasteiger charge is 2.32. The third kappa shape index (κ3) is 6.82. The number of hydrogen-bond acceptors (Lipinski definition) is 6. The molecule has 1 aliphatic rings. The summed E-state index contributed by atoms with van der Waals surface area (Å²) in [6.07, 6.45) is 2.12. The molecule has 1 heterocycles. The monoisotopic (exact) mass is 537 g/mol. The van der Waals surface area contributed by atoms with Gasteiger partial charge in [0.05, 0.1) is 11.9 Å². The number of nitrogens with one attached hydrogen (secondary N) is 1. The van der Waals surface area contributed by atoms with Crippen molar-refractivity contribution < 1.29 is 27.5 Å². The molecule has 3 rings (SSSR count). The molecule has 0 unspecified atom stereocenters. The first-order chi connectivity index (χ1) is 17.0. The Morgan fingerprint density at radius 3 is 2.33 bits per heavy atom. The zero-order chi connectivity index (χ0) is 26.5. The highest BCUT2D eigenvalue weighted by molar-refractivity contribution is 7.92. The predicted octanol–water partition coefficient (Wildman–Crippen LogP) is 3.56. The van der Waals surface area contributed by atoms with E-state index in [9.17, 15) is 18.0 Å². The molecule has 0 saturated carbocycles. The number of carbonyl (C=O) groups is 2. The van der Waals surface area contributed by atoms with Gasteiger partial charge in [0.1, 0.15) is 12.6 Å². The van der Waals surface area contributed by atoms with Crippen molar-refractivity contribution in [3.05, 3.63) is 53.1 Å². The lowest BCUT2D eigenvalue weighted by Crippen LogP contribution is -2.53. The number of sulfonamides is 1. The van der Waals surface area contributed by atoms with Gasteiger partial charge in [0.2, 0.25) is 28.6 Å². The molecule has 0 spiro atoms. The van der Waals surface area contributed by atoms with Gasteiger partial charge >= 0.3 is 0 Å². The van der Waals surface area contributed by atoms with E-state index in [1.54, 1.807) is 36.4 Å². The summed E-state index contributed by atoms with van der Waals surface area (Å²) in [5, 5.41) is 3.48. The number of carbonyl (C=O) groups excluding carboxylic acids is 2. The van der Waals surface area contributed by atoms with Gasteiger partial charge in [-0.3, -0.25) is 13.9 Å². The minimum absolute atomic E-state index is 0.0366. The molecule has 11 heteroatoms. The fourth-order valence-electron chi connectivity index (χ4n) is 3.80. The lowest BCUT2D eigenvalue weighted by Gasteiger charge is -2.33. The van der Waals surface area contributed by atoms with Crippen LogP contribution in [0, 0.1) is 0 Å². The first-order valence-electron chi connectivity index (χ1n) is 11.7. The first-order valence-corrected chi connectivity index (χ1v) is 14.0. The summed E-state index contributed by atoms with van der Waals surface area (Å²) >= 11 is 6.01. The summed E-state index contributed by atoms with van der Waals surface area (Å²) in [7, 11) is -3.85. The molecule has 0 saturated heterocycles. The summed E-state index contributed by atoms with van der Waals surface area (Å²) in [5.41, 5.74) is 1.02. The van der Waals surface area contributed by atoms with Crippen molar-refractivity contribution >= 4 is 39.1 Å². The molecule has 9 nitrogen and oxygen atoms in total. The number of fused-ring (bicyclic) bond motifs is 1. The first kappa shape index (κ1) is 27.6. The molecule has 0 aromatic heterocycles. The van der Waals surface area contributed by atoms with Gasteiger partial charge in [-0.2, -0.15) is 0 Å². The van der Waals surface area contributed by atoms with E-state index in [1.165, 1.54) is 11.0 Å². The van der Waals surface area contributed by atoms with Gasteiger partial charge in [0.15, 0.2) is 11.5 Å². The second kappa shape index (κ2) is 11.8. The normalized spacial score (nSPS) is 14.1. The molecule has 0 aliphatic carbocycles. The van der Waals surface area contributed by atoms with Gasteiger partial charge in [0.25, 0.3) is 0 Å². The largest absolute Gasteiger partial charge is 0.454 e. The summed E-state index contributed by atoms with van der Waals surface area (Å²) in [6, 6.07) is 10.8. The van der Waals surface area contributed by atoms with E-state index in [-0.39, 0.29) is 31.0 Å². The van der Waals surface area contributed by atoms with E-state index < -0.39 is 28.5 Å². The maximum atomic E-state index is 13.7. The number of nitrogens with zero attached hydrogens (tertiary/aromatic N) is 2. The molecule has 36 heavy (non-hydrogen) atoms. The van der Waals surface area contributed by atoms with Gasteiger partial charge in [-0.05, 0) is 49.6 Å². The highest BCUT2D eigenvalue weighted by Crippen LogP contribution is 2.36. The van der Waals surface area contributed by atoms with Crippen LogP contribution in [0.15, 0.2) is 42.5 Å². The Bertz CT molecular complexity index is 1190. The van der Waals surface area contributed by atoms with Crippen LogP contribution in [0.5, 0.6) is 11.5 Å². The number of benzene rings is 2. The Balaban J connectivity index is 1.94. The molecule has 1 N–H and O–H groups in total. The van der Waals surface area contributed by atoms with Crippen molar-refractivity contribution in [1.29, 1.82) is 0 Å². The third-order valence-corrected chi connectivity index (χ3v) is 7.37. The molecular weight excluding hydrogens is 506 g/mol. The second-order valence-corrected chi connectivity index (χ2v) is 11.0. The fourth-order valence-corrected chi connectivity index (χ4v) is 4.77. The Labute approximate surface area is 217 Å². The quantitative estimate of drug-likeness (QED) is 0.470. The lowest BCUT2D eigenvalue weighted by molar-refractivity contribution is -0.140. The Morgan fingerprint density at radius 2 is 1.72 bits per heavy atom. The highest BCUT2D eigenvalue weighted by atomic mass is 35.5. The minimum Gasteiger partial charge on any atom is -0.454 e. The second-order valence-electron chi connectivity index (χ2n) is 8.70. The number of rotatable bonds is 11. The SMILES string of the molecule is CC[C@@H](C)NC(=O)[C@H](CC)N(Cc1ccc(Cl)cc1)C(=O)CN(c1ccc2c(c1)OCO2)S(C)(=O)=O. The van der Waals surface area contributed by atoms with Crippen molar-refractivity contribution in [3.63, 3.8) is 0 Å². The molecule has 0 fully saturated rings. The zero-order valence-electron chi connectivity index (χ0n) is 20.9. The molecule has 2 amide bonds. The number of hydrogen-bond donors (Lipinski definition) is 1. The van der Waals surface area contributed by atoms with E-state index in [0.717, 1.165) is 22.5 Å². The van der Waals surface area contributed by atoms with Crippen LogP contribution in [-0.4, -0.2) is 56.8 Å². The van der Waals surface area contributed by atoms with Crippen molar-refractivity contribution in [2.45, 2.75) is 52.2 Å².